The molecule has 2 rings (SSSR count). The van der Waals surface area contributed by atoms with E-state index in [0.29, 0.717) is 17.0 Å². The lowest BCUT2D eigenvalue weighted by atomic mass is 9.96. The summed E-state index contributed by atoms with van der Waals surface area (Å²) < 4.78 is 4.68. The molecule has 0 unspecified atom stereocenters. The topological polar surface area (TPSA) is 69.4 Å². The van der Waals surface area contributed by atoms with Crippen LogP contribution in [0.5, 0.6) is 0 Å². The lowest BCUT2D eigenvalue weighted by molar-refractivity contribution is 0.0600. The number of amides is 1. The Kier molecular flexibility index (Phi) is 2.88. The van der Waals surface area contributed by atoms with E-state index in [1.54, 1.807) is 6.07 Å². The number of benzene rings is 1. The molecular formula is C13H15NO3. The van der Waals surface area contributed by atoms with E-state index in [1.807, 2.05) is 13.0 Å². The molecule has 90 valence electrons. The molecule has 0 aromatic heterocycles. The molecule has 0 atom stereocenters. The summed E-state index contributed by atoms with van der Waals surface area (Å²) in [5, 5.41) is 0. The van der Waals surface area contributed by atoms with Crippen molar-refractivity contribution in [1.29, 1.82) is 0 Å². The average Bonchev–Trinajstić information content (AvgIpc) is 3.11. The first-order valence-corrected chi connectivity index (χ1v) is 5.57. The van der Waals surface area contributed by atoms with Gasteiger partial charge in [-0.25, -0.2) is 4.79 Å². The zero-order chi connectivity index (χ0) is 12.6. The number of methoxy groups -OCH3 is 1. The summed E-state index contributed by atoms with van der Waals surface area (Å²) in [5.74, 6) is -0.507. The van der Waals surface area contributed by atoms with E-state index in [2.05, 4.69) is 4.74 Å². The largest absolute Gasteiger partial charge is 0.465 e. The van der Waals surface area contributed by atoms with Crippen LogP contribution in [0, 0.1) is 6.92 Å². The Bertz CT molecular complexity index is 490. The van der Waals surface area contributed by atoms with E-state index in [1.165, 1.54) is 7.11 Å². The highest BCUT2D eigenvalue weighted by Crippen LogP contribution is 2.42. The van der Waals surface area contributed by atoms with Crippen LogP contribution in [0.2, 0.25) is 0 Å². The molecule has 2 N–H and O–H groups in total. The minimum atomic E-state index is -0.489. The first kappa shape index (κ1) is 11.6. The zero-order valence-electron chi connectivity index (χ0n) is 9.95. The second kappa shape index (κ2) is 4.20. The van der Waals surface area contributed by atoms with Gasteiger partial charge in [0.05, 0.1) is 12.7 Å². The van der Waals surface area contributed by atoms with Gasteiger partial charge in [0.2, 0.25) is 5.91 Å². The standard InChI is InChI=1S/C13H15NO3/c1-7-5-10(8-3-4-8)11(12(14)15)6-9(7)13(16)17-2/h5-6,8H,3-4H2,1-2H3,(H2,14,15). The van der Waals surface area contributed by atoms with Crippen LogP contribution in [0.4, 0.5) is 0 Å². The molecular weight excluding hydrogens is 218 g/mol. The van der Waals surface area contributed by atoms with Crippen molar-refractivity contribution < 1.29 is 14.3 Å². The molecule has 0 aliphatic heterocycles. The number of carbonyl (C=O) groups is 2. The van der Waals surface area contributed by atoms with Crippen LogP contribution in [-0.2, 0) is 4.74 Å². The molecule has 4 heteroatoms. The summed E-state index contributed by atoms with van der Waals surface area (Å²) in [4.78, 5) is 22.9. The molecule has 0 heterocycles. The summed E-state index contributed by atoms with van der Waals surface area (Å²) >= 11 is 0. The number of hydrogen-bond acceptors (Lipinski definition) is 3. The van der Waals surface area contributed by atoms with Crippen LogP contribution in [0.15, 0.2) is 12.1 Å². The van der Waals surface area contributed by atoms with E-state index in [-0.39, 0.29) is 0 Å². The molecule has 0 bridgehead atoms. The van der Waals surface area contributed by atoms with E-state index in [0.717, 1.165) is 24.0 Å². The van der Waals surface area contributed by atoms with Crippen molar-refractivity contribution in [3.63, 3.8) is 0 Å². The number of hydrogen-bond donors (Lipinski definition) is 1. The SMILES string of the molecule is COC(=O)c1cc(C(N)=O)c(C2CC2)cc1C. The summed E-state index contributed by atoms with van der Waals surface area (Å²) in [5.41, 5.74) is 7.98. The molecule has 1 aromatic rings. The number of rotatable bonds is 3. The maximum Gasteiger partial charge on any atom is 0.338 e. The Morgan fingerprint density at radius 1 is 1.29 bits per heavy atom. The van der Waals surface area contributed by atoms with Crippen molar-refractivity contribution in [2.75, 3.05) is 7.11 Å². The van der Waals surface area contributed by atoms with E-state index < -0.39 is 11.9 Å². The van der Waals surface area contributed by atoms with Crippen LogP contribution >= 0.6 is 0 Å². The molecule has 4 nitrogen and oxygen atoms in total. The lowest BCUT2D eigenvalue weighted by Crippen LogP contribution is -2.16. The van der Waals surface area contributed by atoms with Crippen molar-refractivity contribution in [1.82, 2.24) is 0 Å². The van der Waals surface area contributed by atoms with Gasteiger partial charge in [0.15, 0.2) is 0 Å². The molecule has 1 aliphatic rings. The number of carbonyl (C=O) groups excluding carboxylic acids is 2. The molecule has 1 amide bonds. The Labute approximate surface area is 99.8 Å². The molecule has 0 saturated heterocycles. The highest BCUT2D eigenvalue weighted by atomic mass is 16.5. The van der Waals surface area contributed by atoms with Crippen LogP contribution in [0.25, 0.3) is 0 Å². The van der Waals surface area contributed by atoms with Gasteiger partial charge in [0.1, 0.15) is 0 Å². The Balaban J connectivity index is 2.54. The number of aryl methyl sites for hydroxylation is 1. The maximum atomic E-state index is 11.5. The van der Waals surface area contributed by atoms with Gasteiger partial charge in [-0.1, -0.05) is 6.07 Å². The first-order chi connectivity index (χ1) is 8.04. The Morgan fingerprint density at radius 3 is 2.41 bits per heavy atom. The number of esters is 1. The van der Waals surface area contributed by atoms with Crippen LogP contribution in [0.1, 0.15) is 50.6 Å². The number of ether oxygens (including phenoxy) is 1. The highest BCUT2D eigenvalue weighted by molar-refractivity contribution is 5.99. The fourth-order valence-electron chi connectivity index (χ4n) is 2.01. The number of primary amides is 1. The van der Waals surface area contributed by atoms with Gasteiger partial charge in [-0.3, -0.25) is 4.79 Å². The zero-order valence-corrected chi connectivity index (χ0v) is 9.95. The summed E-state index contributed by atoms with van der Waals surface area (Å²) in [7, 11) is 1.32. The normalized spacial score (nSPS) is 14.5. The van der Waals surface area contributed by atoms with Crippen LogP contribution in [-0.4, -0.2) is 19.0 Å². The summed E-state index contributed by atoms with van der Waals surface area (Å²) in [6.07, 6.45) is 2.16. The van der Waals surface area contributed by atoms with Gasteiger partial charge in [0.25, 0.3) is 0 Å². The smallest absolute Gasteiger partial charge is 0.338 e. The third kappa shape index (κ3) is 2.16. The van der Waals surface area contributed by atoms with Gasteiger partial charge >= 0.3 is 5.97 Å². The van der Waals surface area contributed by atoms with Crippen molar-refractivity contribution in [2.45, 2.75) is 25.7 Å². The van der Waals surface area contributed by atoms with E-state index in [9.17, 15) is 9.59 Å². The van der Waals surface area contributed by atoms with E-state index >= 15 is 0 Å². The second-order valence-corrected chi connectivity index (χ2v) is 4.38. The van der Waals surface area contributed by atoms with Gasteiger partial charge in [-0.05, 0) is 42.9 Å². The maximum absolute atomic E-state index is 11.5. The Morgan fingerprint density at radius 2 is 1.94 bits per heavy atom. The summed E-state index contributed by atoms with van der Waals surface area (Å²) in [6.45, 7) is 1.84. The summed E-state index contributed by atoms with van der Waals surface area (Å²) in [6, 6.07) is 3.43. The van der Waals surface area contributed by atoms with Crippen LogP contribution in [0.3, 0.4) is 0 Å². The van der Waals surface area contributed by atoms with Gasteiger partial charge < -0.3 is 10.5 Å². The van der Waals surface area contributed by atoms with Gasteiger partial charge in [-0.2, -0.15) is 0 Å². The average molecular weight is 233 g/mol. The third-order valence-corrected chi connectivity index (χ3v) is 3.08. The molecule has 1 saturated carbocycles. The third-order valence-electron chi connectivity index (χ3n) is 3.08. The number of nitrogens with two attached hydrogens (primary N) is 1. The predicted molar refractivity (Wildman–Crippen MR) is 63.0 cm³/mol. The van der Waals surface area contributed by atoms with Gasteiger partial charge in [0, 0.05) is 5.56 Å². The fraction of sp³-hybridized carbons (Fsp3) is 0.385. The highest BCUT2D eigenvalue weighted by Gasteiger charge is 2.29. The van der Waals surface area contributed by atoms with Crippen molar-refractivity contribution in [3.05, 3.63) is 34.4 Å². The molecule has 1 aliphatic carbocycles. The quantitative estimate of drug-likeness (QED) is 0.809. The van der Waals surface area contributed by atoms with Gasteiger partial charge in [-0.15, -0.1) is 0 Å². The minimum absolute atomic E-state index is 0.408. The monoisotopic (exact) mass is 233 g/mol. The van der Waals surface area contributed by atoms with Crippen molar-refractivity contribution in [2.24, 2.45) is 5.73 Å². The van der Waals surface area contributed by atoms with Crippen LogP contribution < -0.4 is 5.73 Å². The Hall–Kier alpha value is -1.84. The molecule has 17 heavy (non-hydrogen) atoms. The first-order valence-electron chi connectivity index (χ1n) is 5.57. The molecule has 1 aromatic carbocycles. The minimum Gasteiger partial charge on any atom is -0.465 e. The molecule has 0 radical (unpaired) electrons. The molecule has 0 spiro atoms. The predicted octanol–water partition coefficient (Wildman–Crippen LogP) is 1.76. The van der Waals surface area contributed by atoms with E-state index in [4.69, 9.17) is 5.73 Å². The fourth-order valence-corrected chi connectivity index (χ4v) is 2.01. The second-order valence-electron chi connectivity index (χ2n) is 4.38. The van der Waals surface area contributed by atoms with Crippen molar-refractivity contribution >= 4 is 11.9 Å². The molecule has 1 fully saturated rings. The lowest BCUT2D eigenvalue weighted by Gasteiger charge is -2.10. The van der Waals surface area contributed by atoms with Crippen molar-refractivity contribution in [3.8, 4) is 0 Å².